The van der Waals surface area contributed by atoms with Crippen LogP contribution >= 0.6 is 44.1 Å². The molecule has 0 aliphatic rings. The van der Waals surface area contributed by atoms with Crippen LogP contribution in [0.4, 0.5) is 0 Å². The number of benzene rings is 2. The fourth-order valence-corrected chi connectivity index (χ4v) is 3.40. The third kappa shape index (κ3) is 8.29. The van der Waals surface area contributed by atoms with Gasteiger partial charge < -0.3 is 9.47 Å². The number of rotatable bonds is 7. The first-order valence-electron chi connectivity index (χ1n) is 8.95. The molecule has 0 aromatic heterocycles. The lowest BCUT2D eigenvalue weighted by atomic mass is 10.2. The summed E-state index contributed by atoms with van der Waals surface area (Å²) in [5.74, 6) is 0.595. The van der Waals surface area contributed by atoms with Crippen LogP contribution in [-0.4, -0.2) is 30.1 Å². The largest absolute Gasteiger partial charge is 0.493 e. The number of amides is 2. The van der Waals surface area contributed by atoms with E-state index in [0.717, 1.165) is 4.47 Å². The van der Waals surface area contributed by atoms with Crippen molar-refractivity contribution in [2.45, 2.75) is 13.8 Å². The van der Waals surface area contributed by atoms with E-state index < -0.39 is 11.8 Å². The number of carbonyl (C=O) groups excluding carboxylic acids is 2. The molecule has 0 spiro atoms. The van der Waals surface area contributed by atoms with Gasteiger partial charge in [-0.05, 0) is 70.5 Å². The summed E-state index contributed by atoms with van der Waals surface area (Å²) in [5.41, 5.74) is 5.22. The molecular formula is C20H21Br2N3O4S. The topological polar surface area (TPSA) is 88.7 Å². The Kier molecular flexibility index (Phi) is 9.54. The van der Waals surface area contributed by atoms with E-state index in [4.69, 9.17) is 21.7 Å². The van der Waals surface area contributed by atoms with Crippen LogP contribution in [0.15, 0.2) is 51.4 Å². The van der Waals surface area contributed by atoms with E-state index in [2.05, 4.69) is 48.0 Å². The van der Waals surface area contributed by atoms with Crippen molar-refractivity contribution in [3.63, 3.8) is 0 Å². The molecule has 0 heterocycles. The van der Waals surface area contributed by atoms with Crippen molar-refractivity contribution in [3.8, 4) is 11.5 Å². The Hall–Kier alpha value is -2.17. The van der Waals surface area contributed by atoms with Gasteiger partial charge in [0.2, 0.25) is 0 Å². The molecule has 2 amide bonds. The van der Waals surface area contributed by atoms with E-state index in [1.54, 1.807) is 42.5 Å². The number of halogens is 2. The molecule has 0 aliphatic carbocycles. The summed E-state index contributed by atoms with van der Waals surface area (Å²) in [7, 11) is 0. The van der Waals surface area contributed by atoms with Crippen LogP contribution in [0, 0.1) is 5.92 Å². The normalized spacial score (nSPS) is 10.3. The van der Waals surface area contributed by atoms with Gasteiger partial charge >= 0.3 is 0 Å². The van der Waals surface area contributed by atoms with Gasteiger partial charge in [0, 0.05) is 10.0 Å². The summed E-state index contributed by atoms with van der Waals surface area (Å²) < 4.78 is 12.6. The molecule has 3 N–H and O–H groups in total. The van der Waals surface area contributed by atoms with E-state index in [-0.39, 0.29) is 11.7 Å². The van der Waals surface area contributed by atoms with Crippen molar-refractivity contribution >= 4 is 61.0 Å². The predicted octanol–water partition coefficient (Wildman–Crippen LogP) is 3.96. The minimum Gasteiger partial charge on any atom is -0.493 e. The quantitative estimate of drug-likeness (QED) is 0.352. The van der Waals surface area contributed by atoms with Crippen LogP contribution in [0.3, 0.4) is 0 Å². The summed E-state index contributed by atoms with van der Waals surface area (Å²) in [4.78, 5) is 24.2. The molecule has 10 heteroatoms. The van der Waals surface area contributed by atoms with Gasteiger partial charge in [-0.1, -0.05) is 35.8 Å². The van der Waals surface area contributed by atoms with E-state index in [0.29, 0.717) is 34.1 Å². The zero-order valence-electron chi connectivity index (χ0n) is 16.3. The van der Waals surface area contributed by atoms with Gasteiger partial charge in [-0.25, -0.2) is 0 Å². The maximum atomic E-state index is 12.3. The Morgan fingerprint density at radius 3 is 2.53 bits per heavy atom. The third-order valence-electron chi connectivity index (χ3n) is 3.47. The molecule has 2 rings (SSSR count). The number of hydrogen-bond acceptors (Lipinski definition) is 5. The van der Waals surface area contributed by atoms with E-state index >= 15 is 0 Å². The predicted molar refractivity (Wildman–Crippen MR) is 125 cm³/mol. The van der Waals surface area contributed by atoms with Crippen molar-refractivity contribution in [2.75, 3.05) is 13.2 Å². The molecule has 0 radical (unpaired) electrons. The molecule has 0 saturated heterocycles. The maximum absolute atomic E-state index is 12.3. The Morgan fingerprint density at radius 2 is 1.83 bits per heavy atom. The molecule has 160 valence electrons. The Morgan fingerprint density at radius 1 is 1.07 bits per heavy atom. The highest BCUT2D eigenvalue weighted by molar-refractivity contribution is 9.11. The molecule has 0 aliphatic heterocycles. The lowest BCUT2D eigenvalue weighted by molar-refractivity contribution is -0.123. The number of carbonyl (C=O) groups is 2. The lowest BCUT2D eigenvalue weighted by Gasteiger charge is -2.13. The molecule has 7 nitrogen and oxygen atoms in total. The van der Waals surface area contributed by atoms with Crippen molar-refractivity contribution < 1.29 is 19.1 Å². The zero-order chi connectivity index (χ0) is 22.1. The summed E-state index contributed by atoms with van der Waals surface area (Å²) >= 11 is 11.7. The van der Waals surface area contributed by atoms with Gasteiger partial charge in [-0.15, -0.1) is 0 Å². The molecule has 0 fully saturated rings. The van der Waals surface area contributed by atoms with Crippen LogP contribution in [0.5, 0.6) is 11.5 Å². The molecule has 0 unspecified atom stereocenters. The molecule has 30 heavy (non-hydrogen) atoms. The average molecular weight is 559 g/mol. The first-order chi connectivity index (χ1) is 14.2. The van der Waals surface area contributed by atoms with Gasteiger partial charge in [-0.3, -0.25) is 25.8 Å². The lowest BCUT2D eigenvalue weighted by Crippen LogP contribution is -2.49. The molecule has 2 aromatic rings. The molecule has 0 bridgehead atoms. The second-order valence-corrected chi connectivity index (χ2v) is 8.73. The first-order valence-corrected chi connectivity index (χ1v) is 10.9. The van der Waals surface area contributed by atoms with Crippen LogP contribution in [0.25, 0.3) is 0 Å². The summed E-state index contributed by atoms with van der Waals surface area (Å²) in [5, 5.41) is 2.44. The zero-order valence-corrected chi connectivity index (χ0v) is 20.3. The maximum Gasteiger partial charge on any atom is 0.276 e. The standard InChI is InChI=1S/C20H21Br2N3O4S/c1-12(2)10-28-15-5-3-4-13(8-15)19(27)23-20(30)25-24-18(26)11-29-17-7-6-14(21)9-16(17)22/h3-9,12H,10-11H2,1-2H3,(H,24,26)(H2,23,25,27,30). The minimum absolute atomic E-state index is 0.0494. The average Bonchev–Trinajstić information content (AvgIpc) is 2.70. The monoisotopic (exact) mass is 557 g/mol. The number of ether oxygens (including phenoxy) is 2. The van der Waals surface area contributed by atoms with Crippen LogP contribution < -0.4 is 25.6 Å². The molecule has 0 atom stereocenters. The second-order valence-electron chi connectivity index (χ2n) is 6.55. The highest BCUT2D eigenvalue weighted by Crippen LogP contribution is 2.28. The van der Waals surface area contributed by atoms with Gasteiger partial charge in [0.15, 0.2) is 11.7 Å². The minimum atomic E-state index is -0.467. The third-order valence-corrected chi connectivity index (χ3v) is 4.79. The number of thiocarbonyl (C=S) groups is 1. The SMILES string of the molecule is CC(C)COc1cccc(C(=O)NC(=S)NNC(=O)COc2ccc(Br)cc2Br)c1. The Labute approximate surface area is 197 Å². The number of hydrazine groups is 1. The van der Waals surface area contributed by atoms with E-state index in [1.807, 2.05) is 13.8 Å². The fourth-order valence-electron chi connectivity index (χ4n) is 2.09. The number of nitrogens with one attached hydrogen (secondary N) is 3. The second kappa shape index (κ2) is 11.9. The van der Waals surface area contributed by atoms with Gasteiger partial charge in [0.05, 0.1) is 11.1 Å². The molecule has 2 aromatic carbocycles. The van der Waals surface area contributed by atoms with E-state index in [1.165, 1.54) is 0 Å². The van der Waals surface area contributed by atoms with E-state index in [9.17, 15) is 9.59 Å². The Bertz CT molecular complexity index is 925. The molecule has 0 saturated carbocycles. The molecular weight excluding hydrogens is 538 g/mol. The van der Waals surface area contributed by atoms with Crippen molar-refractivity contribution in [1.82, 2.24) is 16.2 Å². The van der Waals surface area contributed by atoms with Crippen LogP contribution in [0.1, 0.15) is 24.2 Å². The van der Waals surface area contributed by atoms with Crippen molar-refractivity contribution in [1.29, 1.82) is 0 Å². The summed E-state index contributed by atoms with van der Waals surface area (Å²) in [6.07, 6.45) is 0. The van der Waals surface area contributed by atoms with Crippen LogP contribution in [0.2, 0.25) is 0 Å². The fraction of sp³-hybridized carbons (Fsp3) is 0.250. The first kappa shape index (κ1) is 24.1. The highest BCUT2D eigenvalue weighted by Gasteiger charge is 2.11. The Balaban J connectivity index is 1.77. The van der Waals surface area contributed by atoms with Crippen LogP contribution in [-0.2, 0) is 4.79 Å². The van der Waals surface area contributed by atoms with Crippen molar-refractivity contribution in [2.24, 2.45) is 5.92 Å². The van der Waals surface area contributed by atoms with Gasteiger partial charge in [0.25, 0.3) is 11.8 Å². The van der Waals surface area contributed by atoms with Crippen molar-refractivity contribution in [3.05, 3.63) is 57.0 Å². The van der Waals surface area contributed by atoms with Gasteiger partial charge in [0.1, 0.15) is 11.5 Å². The number of hydrogen-bond donors (Lipinski definition) is 3. The summed E-state index contributed by atoms with van der Waals surface area (Å²) in [6.45, 7) is 4.39. The highest BCUT2D eigenvalue weighted by atomic mass is 79.9. The smallest absolute Gasteiger partial charge is 0.276 e. The van der Waals surface area contributed by atoms with Gasteiger partial charge in [-0.2, -0.15) is 0 Å². The summed E-state index contributed by atoms with van der Waals surface area (Å²) in [6, 6.07) is 12.1.